The van der Waals surface area contributed by atoms with Crippen molar-refractivity contribution in [2.45, 2.75) is 213 Å². The van der Waals surface area contributed by atoms with Gasteiger partial charge in [0.25, 0.3) is 0 Å². The minimum atomic E-state index is -0.852. The Hall–Kier alpha value is -5.23. The molecule has 0 saturated carbocycles. The quantitative estimate of drug-likeness (QED) is 0.0262. The molecule has 400 valence electrons. The molecule has 72 heavy (non-hydrogen) atoms. The average molecular weight is 990 g/mol. The zero-order chi connectivity index (χ0) is 52.2. The van der Waals surface area contributed by atoms with Gasteiger partial charge < -0.3 is 14.2 Å². The molecule has 0 aromatic rings. The Balaban J connectivity index is 4.63. The topological polar surface area (TPSA) is 78.9 Å². The fourth-order valence-electron chi connectivity index (χ4n) is 6.88. The second kappa shape index (κ2) is 58.3. The Morgan fingerprint density at radius 1 is 0.278 bits per heavy atom. The highest BCUT2D eigenvalue weighted by Gasteiger charge is 2.19. The molecule has 0 aliphatic rings. The molecular weight excluding hydrogens is 889 g/mol. The number of hydrogen-bond donors (Lipinski definition) is 0. The van der Waals surface area contributed by atoms with Crippen molar-refractivity contribution in [3.8, 4) is 0 Å². The monoisotopic (exact) mass is 989 g/mol. The maximum atomic E-state index is 12.9. The number of hydrogen-bond acceptors (Lipinski definition) is 6. The molecule has 0 radical (unpaired) electrons. The third kappa shape index (κ3) is 55.7. The maximum absolute atomic E-state index is 12.9. The van der Waals surface area contributed by atoms with E-state index in [1.54, 1.807) is 0 Å². The van der Waals surface area contributed by atoms with Gasteiger partial charge in [0.05, 0.1) is 0 Å². The molecular formula is C66H100O6. The number of rotatable bonds is 48. The predicted molar refractivity (Wildman–Crippen MR) is 311 cm³/mol. The molecule has 0 aromatic heterocycles. The second-order valence-electron chi connectivity index (χ2n) is 17.7. The van der Waals surface area contributed by atoms with Gasteiger partial charge in [-0.3, -0.25) is 14.4 Å². The summed E-state index contributed by atoms with van der Waals surface area (Å²) in [5, 5.41) is 0. The highest BCUT2D eigenvalue weighted by molar-refractivity contribution is 5.71. The molecule has 1 unspecified atom stereocenters. The van der Waals surface area contributed by atoms with Crippen LogP contribution in [-0.4, -0.2) is 37.2 Å². The van der Waals surface area contributed by atoms with E-state index in [9.17, 15) is 14.4 Å². The summed E-state index contributed by atoms with van der Waals surface area (Å²) >= 11 is 0. The minimum absolute atomic E-state index is 0.151. The molecule has 0 aromatic carbocycles. The summed E-state index contributed by atoms with van der Waals surface area (Å²) in [4.78, 5) is 38.1. The summed E-state index contributed by atoms with van der Waals surface area (Å²) in [5.74, 6) is -1.13. The zero-order valence-corrected chi connectivity index (χ0v) is 45.6. The van der Waals surface area contributed by atoms with Crippen LogP contribution in [0.15, 0.2) is 170 Å². The number of ether oxygens (including phenoxy) is 3. The maximum Gasteiger partial charge on any atom is 0.306 e. The first-order valence-electron chi connectivity index (χ1n) is 28.1. The summed E-state index contributed by atoms with van der Waals surface area (Å²) in [5.41, 5.74) is 0. The summed E-state index contributed by atoms with van der Waals surface area (Å²) < 4.78 is 16.7. The molecule has 0 amide bonds. The first-order chi connectivity index (χ1) is 35.5. The lowest BCUT2D eigenvalue weighted by Gasteiger charge is -2.18. The van der Waals surface area contributed by atoms with E-state index in [-0.39, 0.29) is 50.4 Å². The van der Waals surface area contributed by atoms with E-state index >= 15 is 0 Å². The van der Waals surface area contributed by atoms with Crippen LogP contribution < -0.4 is 0 Å². The van der Waals surface area contributed by atoms with Crippen molar-refractivity contribution < 1.29 is 28.6 Å². The van der Waals surface area contributed by atoms with Crippen molar-refractivity contribution in [1.82, 2.24) is 0 Å². The Morgan fingerprint density at radius 2 is 0.528 bits per heavy atom. The highest BCUT2D eigenvalue weighted by atomic mass is 16.6. The van der Waals surface area contributed by atoms with Crippen molar-refractivity contribution in [3.63, 3.8) is 0 Å². The van der Waals surface area contributed by atoms with Gasteiger partial charge in [-0.15, -0.1) is 0 Å². The third-order valence-corrected chi connectivity index (χ3v) is 11.0. The summed E-state index contributed by atoms with van der Waals surface area (Å²) in [6.07, 6.45) is 86.5. The van der Waals surface area contributed by atoms with E-state index in [0.717, 1.165) is 116 Å². The van der Waals surface area contributed by atoms with Crippen molar-refractivity contribution in [2.24, 2.45) is 0 Å². The van der Waals surface area contributed by atoms with E-state index < -0.39 is 6.10 Å². The number of unbranched alkanes of at least 4 members (excludes halogenated alkanes) is 9. The minimum Gasteiger partial charge on any atom is -0.462 e. The van der Waals surface area contributed by atoms with Crippen LogP contribution in [0.3, 0.4) is 0 Å². The summed E-state index contributed by atoms with van der Waals surface area (Å²) in [6, 6.07) is 0. The van der Waals surface area contributed by atoms with Crippen LogP contribution in [0.4, 0.5) is 0 Å². The van der Waals surface area contributed by atoms with Crippen molar-refractivity contribution in [2.75, 3.05) is 13.2 Å². The van der Waals surface area contributed by atoms with Crippen LogP contribution in [0.1, 0.15) is 207 Å². The molecule has 0 saturated heterocycles. The molecule has 0 aliphatic carbocycles. The molecule has 6 nitrogen and oxygen atoms in total. The molecule has 0 aliphatic heterocycles. The first-order valence-corrected chi connectivity index (χ1v) is 28.1. The molecule has 0 bridgehead atoms. The van der Waals surface area contributed by atoms with Crippen LogP contribution in [0, 0.1) is 0 Å². The molecule has 6 heteroatoms. The van der Waals surface area contributed by atoms with Crippen LogP contribution in [0.25, 0.3) is 0 Å². The fourth-order valence-corrected chi connectivity index (χ4v) is 6.88. The van der Waals surface area contributed by atoms with Gasteiger partial charge in [0.1, 0.15) is 13.2 Å². The lowest BCUT2D eigenvalue weighted by molar-refractivity contribution is -0.166. The van der Waals surface area contributed by atoms with Gasteiger partial charge in [-0.2, -0.15) is 0 Å². The van der Waals surface area contributed by atoms with Gasteiger partial charge in [-0.1, -0.05) is 236 Å². The lowest BCUT2D eigenvalue weighted by Crippen LogP contribution is -2.30. The number of carbonyl (C=O) groups excluding carboxylic acids is 3. The molecule has 0 spiro atoms. The van der Waals surface area contributed by atoms with Crippen LogP contribution in [0.2, 0.25) is 0 Å². The molecule has 1 atom stereocenters. The van der Waals surface area contributed by atoms with E-state index in [0.29, 0.717) is 12.8 Å². The average Bonchev–Trinajstić information content (AvgIpc) is 3.38. The molecule has 0 rings (SSSR count). The van der Waals surface area contributed by atoms with Crippen molar-refractivity contribution >= 4 is 17.9 Å². The Morgan fingerprint density at radius 3 is 0.833 bits per heavy atom. The highest BCUT2D eigenvalue weighted by Crippen LogP contribution is 2.13. The van der Waals surface area contributed by atoms with Gasteiger partial charge >= 0.3 is 17.9 Å². The van der Waals surface area contributed by atoms with E-state index in [4.69, 9.17) is 14.2 Å². The van der Waals surface area contributed by atoms with Gasteiger partial charge in [-0.05, 0) is 122 Å². The van der Waals surface area contributed by atoms with Crippen molar-refractivity contribution in [3.05, 3.63) is 170 Å². The van der Waals surface area contributed by atoms with Gasteiger partial charge in [-0.25, -0.2) is 0 Å². The van der Waals surface area contributed by atoms with Crippen molar-refractivity contribution in [1.29, 1.82) is 0 Å². The largest absolute Gasteiger partial charge is 0.462 e. The SMILES string of the molecule is CC/C=C\C/C=C\C/C=C\C/C=C\C/C=C\C/C=C\CCC(=O)OCC(COC(=O)CC/C=C\C/C=C\C/C=C\C/C=C\C/C=C\CC)OC(=O)CCCCCCCCCCC/C=C\C/C=C\C/C=C\CC. The number of carbonyl (C=O) groups is 3. The molecule has 0 fully saturated rings. The van der Waals surface area contributed by atoms with E-state index in [1.807, 2.05) is 24.3 Å². The Kier molecular flexibility index (Phi) is 54.1. The summed E-state index contributed by atoms with van der Waals surface area (Å²) in [6.45, 7) is 6.15. The molecule has 0 N–H and O–H groups in total. The van der Waals surface area contributed by atoms with Crippen LogP contribution in [-0.2, 0) is 28.6 Å². The second-order valence-corrected chi connectivity index (χ2v) is 17.7. The summed E-state index contributed by atoms with van der Waals surface area (Å²) in [7, 11) is 0. The normalized spacial score (nSPS) is 13.4. The van der Waals surface area contributed by atoms with E-state index in [2.05, 4.69) is 167 Å². The smallest absolute Gasteiger partial charge is 0.306 e. The van der Waals surface area contributed by atoms with Crippen LogP contribution >= 0.6 is 0 Å². The Bertz CT molecular complexity index is 1700. The number of esters is 3. The zero-order valence-electron chi connectivity index (χ0n) is 45.6. The predicted octanol–water partition coefficient (Wildman–Crippen LogP) is 19.1. The van der Waals surface area contributed by atoms with E-state index in [1.165, 1.54) is 38.5 Å². The molecule has 0 heterocycles. The standard InChI is InChI=1S/C66H100O6/c1-4-7-10-13-16-19-22-25-28-31-33-35-38-41-44-47-50-53-56-59-65(68)71-62-63(61-70-64(67)58-55-52-49-46-43-40-37-30-27-24-21-18-15-12-9-6-3)72-66(69)60-57-54-51-48-45-42-39-36-34-32-29-26-23-20-17-14-11-8-5-2/h7-12,16-21,25-30,33,35,40-41,43-44,49-50,52-53,63H,4-6,13-15,22-24,31-32,34,36-39,42,45-48,51,54-62H2,1-3H3/b10-7-,11-8-,12-9-,19-16-,20-17-,21-18-,28-25-,29-26-,30-27-,35-33-,43-40-,44-41-,52-49-,53-50-. The lowest BCUT2D eigenvalue weighted by atomic mass is 10.1. The van der Waals surface area contributed by atoms with Gasteiger partial charge in [0.15, 0.2) is 6.10 Å². The fraction of sp³-hybridized carbons (Fsp3) is 0.530. The van der Waals surface area contributed by atoms with Gasteiger partial charge in [0, 0.05) is 19.3 Å². The first kappa shape index (κ1) is 66.8. The van der Waals surface area contributed by atoms with Crippen LogP contribution in [0.5, 0.6) is 0 Å². The third-order valence-electron chi connectivity index (χ3n) is 11.0. The Labute approximate surface area is 441 Å². The number of allylic oxidation sites excluding steroid dienone is 28. The van der Waals surface area contributed by atoms with Gasteiger partial charge in [0.2, 0.25) is 0 Å².